The molecule has 21 heavy (non-hydrogen) atoms. The van der Waals surface area contributed by atoms with Crippen LogP contribution >= 0.6 is 0 Å². The van der Waals surface area contributed by atoms with Crippen molar-refractivity contribution in [1.82, 2.24) is 14.9 Å². The Bertz CT molecular complexity index is 568. The molecule has 0 unspecified atom stereocenters. The number of hydrogen-bond donors (Lipinski definition) is 0. The van der Waals surface area contributed by atoms with Crippen molar-refractivity contribution in [3.05, 3.63) is 59.7 Å². The lowest BCUT2D eigenvalue weighted by molar-refractivity contribution is 0.165. The Kier molecular flexibility index (Phi) is 4.61. The second kappa shape index (κ2) is 6.81. The maximum atomic E-state index is 4.62. The highest BCUT2D eigenvalue weighted by Gasteiger charge is 2.20. The number of rotatable bonds is 4. The summed E-state index contributed by atoms with van der Waals surface area (Å²) in [4.78, 5) is 11.4. The van der Waals surface area contributed by atoms with Crippen molar-refractivity contribution in [2.75, 3.05) is 13.1 Å². The van der Waals surface area contributed by atoms with Gasteiger partial charge in [0, 0.05) is 31.2 Å². The normalized spacial score (nSPS) is 19.6. The average molecular weight is 281 g/mol. The van der Waals surface area contributed by atoms with Crippen LogP contribution in [-0.4, -0.2) is 28.0 Å². The van der Waals surface area contributed by atoms with Crippen LogP contribution in [0.1, 0.15) is 29.8 Å². The van der Waals surface area contributed by atoms with Crippen LogP contribution in [0, 0.1) is 12.8 Å². The summed E-state index contributed by atoms with van der Waals surface area (Å²) in [7, 11) is 0. The van der Waals surface area contributed by atoms with E-state index < -0.39 is 0 Å². The molecule has 110 valence electrons. The van der Waals surface area contributed by atoms with Gasteiger partial charge in [0.05, 0.1) is 5.69 Å². The SMILES string of the molecule is Cc1cccc(CN2CCC[C@@H](Cc3cccnc3)C2)n1. The molecule has 2 aromatic heterocycles. The van der Waals surface area contributed by atoms with Crippen molar-refractivity contribution >= 4 is 0 Å². The average Bonchev–Trinajstić information content (AvgIpc) is 2.49. The Morgan fingerprint density at radius 3 is 3.00 bits per heavy atom. The van der Waals surface area contributed by atoms with E-state index in [4.69, 9.17) is 0 Å². The van der Waals surface area contributed by atoms with E-state index >= 15 is 0 Å². The molecular formula is C18H23N3. The van der Waals surface area contributed by atoms with Gasteiger partial charge in [0.15, 0.2) is 0 Å². The van der Waals surface area contributed by atoms with Crippen molar-refractivity contribution in [2.24, 2.45) is 5.92 Å². The van der Waals surface area contributed by atoms with Crippen molar-refractivity contribution in [2.45, 2.75) is 32.7 Å². The fourth-order valence-corrected chi connectivity index (χ4v) is 3.23. The number of nitrogens with zero attached hydrogens (tertiary/aromatic N) is 3. The van der Waals surface area contributed by atoms with Crippen LogP contribution in [-0.2, 0) is 13.0 Å². The van der Waals surface area contributed by atoms with Crippen LogP contribution < -0.4 is 0 Å². The van der Waals surface area contributed by atoms with E-state index in [2.05, 4.69) is 46.1 Å². The number of piperidine rings is 1. The van der Waals surface area contributed by atoms with Crippen LogP contribution in [0.5, 0.6) is 0 Å². The zero-order chi connectivity index (χ0) is 14.5. The van der Waals surface area contributed by atoms with E-state index in [9.17, 15) is 0 Å². The zero-order valence-electron chi connectivity index (χ0n) is 12.7. The molecule has 2 aromatic rings. The zero-order valence-corrected chi connectivity index (χ0v) is 12.7. The molecular weight excluding hydrogens is 258 g/mol. The van der Waals surface area contributed by atoms with Crippen molar-refractivity contribution in [3.8, 4) is 0 Å². The molecule has 3 rings (SSSR count). The maximum Gasteiger partial charge on any atom is 0.0547 e. The van der Waals surface area contributed by atoms with E-state index in [0.717, 1.165) is 24.6 Å². The van der Waals surface area contributed by atoms with Gasteiger partial charge in [0.1, 0.15) is 0 Å². The molecule has 0 saturated carbocycles. The summed E-state index contributed by atoms with van der Waals surface area (Å²) in [6, 6.07) is 10.5. The van der Waals surface area contributed by atoms with Crippen LogP contribution in [0.4, 0.5) is 0 Å². The van der Waals surface area contributed by atoms with Gasteiger partial charge in [-0.15, -0.1) is 0 Å². The Morgan fingerprint density at radius 1 is 1.24 bits per heavy atom. The molecule has 3 nitrogen and oxygen atoms in total. The lowest BCUT2D eigenvalue weighted by atomic mass is 9.92. The molecule has 0 N–H and O–H groups in total. The summed E-state index contributed by atoms with van der Waals surface area (Å²) in [6.07, 6.45) is 7.61. The monoisotopic (exact) mass is 281 g/mol. The number of hydrogen-bond acceptors (Lipinski definition) is 3. The topological polar surface area (TPSA) is 29.0 Å². The van der Waals surface area contributed by atoms with E-state index in [0.29, 0.717) is 0 Å². The fraction of sp³-hybridized carbons (Fsp3) is 0.444. The van der Waals surface area contributed by atoms with Crippen LogP contribution in [0.25, 0.3) is 0 Å². The molecule has 0 bridgehead atoms. The Balaban J connectivity index is 1.58. The van der Waals surface area contributed by atoms with Gasteiger partial charge in [-0.3, -0.25) is 14.9 Å². The van der Waals surface area contributed by atoms with Gasteiger partial charge < -0.3 is 0 Å². The van der Waals surface area contributed by atoms with Gasteiger partial charge in [-0.1, -0.05) is 12.1 Å². The van der Waals surface area contributed by atoms with Gasteiger partial charge in [-0.2, -0.15) is 0 Å². The molecule has 0 aromatic carbocycles. The van der Waals surface area contributed by atoms with Crippen molar-refractivity contribution < 1.29 is 0 Å². The third kappa shape index (κ3) is 4.11. The molecule has 0 amide bonds. The molecule has 0 radical (unpaired) electrons. The summed E-state index contributed by atoms with van der Waals surface area (Å²) in [5.41, 5.74) is 3.66. The highest BCUT2D eigenvalue weighted by molar-refractivity contribution is 5.11. The molecule has 1 aliphatic heterocycles. The fourth-order valence-electron chi connectivity index (χ4n) is 3.23. The molecule has 1 saturated heterocycles. The first-order chi connectivity index (χ1) is 10.3. The number of aromatic nitrogens is 2. The molecule has 3 heterocycles. The van der Waals surface area contributed by atoms with Gasteiger partial charge in [-0.05, 0) is 62.4 Å². The Hall–Kier alpha value is -1.74. The first-order valence-electron chi connectivity index (χ1n) is 7.83. The first kappa shape index (κ1) is 14.2. The third-order valence-corrected chi connectivity index (χ3v) is 4.18. The first-order valence-corrected chi connectivity index (χ1v) is 7.83. The number of pyridine rings is 2. The minimum Gasteiger partial charge on any atom is -0.297 e. The number of aryl methyl sites for hydroxylation is 1. The Morgan fingerprint density at radius 2 is 2.19 bits per heavy atom. The smallest absolute Gasteiger partial charge is 0.0547 e. The molecule has 1 atom stereocenters. The molecule has 0 aliphatic carbocycles. The predicted octanol–water partition coefficient (Wildman–Crippen LogP) is 3.24. The molecule has 3 heteroatoms. The second-order valence-corrected chi connectivity index (χ2v) is 6.08. The summed E-state index contributed by atoms with van der Waals surface area (Å²) in [6.45, 7) is 5.40. The minimum atomic E-state index is 0.743. The van der Waals surface area contributed by atoms with Gasteiger partial charge in [0.2, 0.25) is 0 Å². The highest BCUT2D eigenvalue weighted by atomic mass is 15.1. The van der Waals surface area contributed by atoms with E-state index in [1.165, 1.54) is 37.2 Å². The van der Waals surface area contributed by atoms with Gasteiger partial charge in [0.25, 0.3) is 0 Å². The third-order valence-electron chi connectivity index (χ3n) is 4.18. The Labute approximate surface area is 127 Å². The maximum absolute atomic E-state index is 4.62. The summed E-state index contributed by atoms with van der Waals surface area (Å²) >= 11 is 0. The second-order valence-electron chi connectivity index (χ2n) is 6.08. The van der Waals surface area contributed by atoms with Gasteiger partial charge >= 0.3 is 0 Å². The van der Waals surface area contributed by atoms with E-state index in [1.54, 1.807) is 0 Å². The lowest BCUT2D eigenvalue weighted by Gasteiger charge is -2.32. The number of likely N-dealkylation sites (tertiary alicyclic amines) is 1. The largest absolute Gasteiger partial charge is 0.297 e. The summed E-state index contributed by atoms with van der Waals surface area (Å²) < 4.78 is 0. The van der Waals surface area contributed by atoms with Crippen molar-refractivity contribution in [3.63, 3.8) is 0 Å². The van der Waals surface area contributed by atoms with Gasteiger partial charge in [-0.25, -0.2) is 0 Å². The standard InChI is InChI=1S/C18H23N3/c1-15-5-2-8-18(20-15)14-21-10-4-7-17(13-21)11-16-6-3-9-19-12-16/h2-3,5-6,8-9,12,17H,4,7,10-11,13-14H2,1H3/t17-/m0/s1. The van der Waals surface area contributed by atoms with Crippen LogP contribution in [0.3, 0.4) is 0 Å². The van der Waals surface area contributed by atoms with Crippen molar-refractivity contribution in [1.29, 1.82) is 0 Å². The lowest BCUT2D eigenvalue weighted by Crippen LogP contribution is -2.36. The molecule has 1 aliphatic rings. The highest BCUT2D eigenvalue weighted by Crippen LogP contribution is 2.21. The quantitative estimate of drug-likeness (QED) is 0.861. The molecule has 1 fully saturated rings. The van der Waals surface area contributed by atoms with Crippen LogP contribution in [0.2, 0.25) is 0 Å². The summed E-state index contributed by atoms with van der Waals surface area (Å²) in [5.74, 6) is 0.743. The van der Waals surface area contributed by atoms with E-state index in [1.807, 2.05) is 18.5 Å². The summed E-state index contributed by atoms with van der Waals surface area (Å²) in [5, 5.41) is 0. The van der Waals surface area contributed by atoms with Crippen LogP contribution in [0.15, 0.2) is 42.7 Å². The predicted molar refractivity (Wildman–Crippen MR) is 84.9 cm³/mol. The van der Waals surface area contributed by atoms with E-state index in [-0.39, 0.29) is 0 Å². The minimum absolute atomic E-state index is 0.743. The molecule has 0 spiro atoms.